The van der Waals surface area contributed by atoms with E-state index < -0.39 is 0 Å². The van der Waals surface area contributed by atoms with Crippen LogP contribution in [0.15, 0.2) is 54.7 Å². The smallest absolute Gasteiger partial charge is 0.119 e. The van der Waals surface area contributed by atoms with E-state index in [0.29, 0.717) is 0 Å². The highest BCUT2D eigenvalue weighted by Gasteiger charge is 1.98. The van der Waals surface area contributed by atoms with Crippen molar-refractivity contribution in [1.82, 2.24) is 0 Å². The number of unbranched alkanes of at least 4 members (excludes halogenated alkanes) is 5. The Morgan fingerprint density at radius 2 is 1.20 bits per heavy atom. The van der Waals surface area contributed by atoms with Gasteiger partial charge >= 0.3 is 0 Å². The minimum atomic E-state index is 0.137. The van der Waals surface area contributed by atoms with Crippen molar-refractivity contribution < 1.29 is 10.2 Å². The summed E-state index contributed by atoms with van der Waals surface area (Å²) in [5.41, 5.74) is 0.993. The van der Waals surface area contributed by atoms with Gasteiger partial charge in [-0.25, -0.2) is 0 Å². The molecule has 2 N–H and O–H groups in total. The van der Waals surface area contributed by atoms with Gasteiger partial charge in [0.05, 0.1) is 0 Å². The largest absolute Gasteiger partial charge is 0.508 e. The van der Waals surface area contributed by atoms with Crippen molar-refractivity contribution in [3.8, 4) is 11.5 Å². The molecule has 0 aromatic heterocycles. The quantitative estimate of drug-likeness (QED) is 0.304. The molecule has 2 nitrogen and oxygen atoms in total. The van der Waals surface area contributed by atoms with Gasteiger partial charge in [-0.2, -0.15) is 0 Å². The molecule has 0 atom stereocenters. The molecular formula is C23H34O2. The lowest BCUT2D eigenvalue weighted by Crippen LogP contribution is -1.85. The number of aromatic hydroxyl groups is 2. The van der Waals surface area contributed by atoms with E-state index in [4.69, 9.17) is 0 Å². The average molecular weight is 343 g/mol. The van der Waals surface area contributed by atoms with Crippen LogP contribution in [0.1, 0.15) is 70.3 Å². The highest BCUT2D eigenvalue weighted by molar-refractivity contribution is 5.36. The van der Waals surface area contributed by atoms with Crippen molar-refractivity contribution in [3.63, 3.8) is 0 Å². The van der Waals surface area contributed by atoms with Gasteiger partial charge in [-0.05, 0) is 69.1 Å². The fourth-order valence-corrected chi connectivity index (χ4v) is 2.68. The Morgan fingerprint density at radius 1 is 0.680 bits per heavy atom. The van der Waals surface area contributed by atoms with Crippen molar-refractivity contribution in [2.75, 3.05) is 0 Å². The van der Waals surface area contributed by atoms with E-state index >= 15 is 0 Å². The molecule has 0 aliphatic rings. The Kier molecular flexibility index (Phi) is 12.1. The molecule has 0 aliphatic heterocycles. The van der Waals surface area contributed by atoms with Gasteiger partial charge in [-0.15, -0.1) is 0 Å². The fourth-order valence-electron chi connectivity index (χ4n) is 2.68. The van der Waals surface area contributed by atoms with Crippen LogP contribution in [0, 0.1) is 0 Å². The fraction of sp³-hybridized carbons (Fsp3) is 0.478. The first-order valence-electron chi connectivity index (χ1n) is 9.69. The lowest BCUT2D eigenvalue weighted by Gasteiger charge is -2.02. The van der Waals surface area contributed by atoms with Gasteiger partial charge in [-0.1, -0.05) is 56.2 Å². The van der Waals surface area contributed by atoms with Crippen molar-refractivity contribution >= 4 is 0 Å². The van der Waals surface area contributed by atoms with E-state index in [9.17, 15) is 10.2 Å². The summed E-state index contributed by atoms with van der Waals surface area (Å²) in [6, 6.07) is 4.80. The zero-order valence-electron chi connectivity index (χ0n) is 15.7. The van der Waals surface area contributed by atoms with E-state index in [0.717, 1.165) is 44.1 Å². The second kappa shape index (κ2) is 14.4. The van der Waals surface area contributed by atoms with E-state index in [2.05, 4.69) is 43.4 Å². The van der Waals surface area contributed by atoms with E-state index in [-0.39, 0.29) is 11.5 Å². The molecule has 0 unspecified atom stereocenters. The van der Waals surface area contributed by atoms with Crippen LogP contribution in [-0.2, 0) is 6.42 Å². The molecule has 0 saturated heterocycles. The first-order valence-corrected chi connectivity index (χ1v) is 9.69. The van der Waals surface area contributed by atoms with E-state index in [1.807, 2.05) is 0 Å². The van der Waals surface area contributed by atoms with Crippen LogP contribution in [0.5, 0.6) is 11.5 Å². The molecule has 1 aromatic carbocycles. The number of hydrogen-bond donors (Lipinski definition) is 2. The van der Waals surface area contributed by atoms with Crippen molar-refractivity contribution in [3.05, 3.63) is 60.2 Å². The number of phenols is 2. The minimum absolute atomic E-state index is 0.137. The van der Waals surface area contributed by atoms with E-state index in [1.54, 1.807) is 12.1 Å². The molecule has 0 radical (unpaired) electrons. The van der Waals surface area contributed by atoms with Crippen LogP contribution in [0.3, 0.4) is 0 Å². The zero-order valence-corrected chi connectivity index (χ0v) is 15.7. The molecule has 1 aromatic rings. The standard InChI is InChI=1S/C23H34O2/c1-2-3-4-5-6-7-8-9-10-11-12-13-14-15-16-17-21-18-22(24)20-23(25)19-21/h6-7,9-10,12-13,18-20,24-25H,2-5,8,11,14-17H2,1H3/b7-6-,10-9-,13-12-. The molecular weight excluding hydrogens is 308 g/mol. The molecule has 138 valence electrons. The molecule has 0 fully saturated rings. The molecule has 0 spiro atoms. The Balaban J connectivity index is 2.00. The van der Waals surface area contributed by atoms with Crippen molar-refractivity contribution in [2.45, 2.75) is 71.1 Å². The maximum atomic E-state index is 9.44. The lowest BCUT2D eigenvalue weighted by molar-refractivity contribution is 0.449. The predicted molar refractivity (Wildman–Crippen MR) is 108 cm³/mol. The Labute approximate surface area is 153 Å². The SMILES string of the molecule is CCCCC/C=C\C/C=C\C/C=C\CCCCc1cc(O)cc(O)c1. The van der Waals surface area contributed by atoms with Gasteiger partial charge in [0.1, 0.15) is 11.5 Å². The summed E-state index contributed by atoms with van der Waals surface area (Å²) in [6.07, 6.45) is 24.8. The van der Waals surface area contributed by atoms with Gasteiger partial charge in [0, 0.05) is 6.07 Å². The summed E-state index contributed by atoms with van der Waals surface area (Å²) in [7, 11) is 0. The third-order valence-corrected chi connectivity index (χ3v) is 4.07. The van der Waals surface area contributed by atoms with Gasteiger partial charge < -0.3 is 10.2 Å². The molecule has 2 heteroatoms. The normalized spacial score (nSPS) is 12.0. The van der Waals surface area contributed by atoms with Crippen LogP contribution in [0.25, 0.3) is 0 Å². The van der Waals surface area contributed by atoms with Crippen molar-refractivity contribution in [1.29, 1.82) is 0 Å². The van der Waals surface area contributed by atoms with Gasteiger partial charge in [0.25, 0.3) is 0 Å². The van der Waals surface area contributed by atoms with Gasteiger partial charge in [-0.3, -0.25) is 0 Å². The summed E-state index contributed by atoms with van der Waals surface area (Å²) >= 11 is 0. The van der Waals surface area contributed by atoms with Crippen LogP contribution < -0.4 is 0 Å². The number of benzene rings is 1. The molecule has 25 heavy (non-hydrogen) atoms. The Morgan fingerprint density at radius 3 is 1.76 bits per heavy atom. The molecule has 0 bridgehead atoms. The maximum Gasteiger partial charge on any atom is 0.119 e. The zero-order chi connectivity index (χ0) is 18.2. The summed E-state index contributed by atoms with van der Waals surface area (Å²) in [5.74, 6) is 0.273. The number of hydrogen-bond acceptors (Lipinski definition) is 2. The van der Waals surface area contributed by atoms with Gasteiger partial charge in [0.2, 0.25) is 0 Å². The predicted octanol–water partition coefficient (Wildman–Crippen LogP) is 6.84. The molecule has 1 rings (SSSR count). The Hall–Kier alpha value is -1.96. The summed E-state index contributed by atoms with van der Waals surface area (Å²) in [4.78, 5) is 0. The van der Waals surface area contributed by atoms with Crippen LogP contribution in [0.2, 0.25) is 0 Å². The molecule has 0 heterocycles. The third-order valence-electron chi connectivity index (χ3n) is 4.07. The second-order valence-corrected chi connectivity index (χ2v) is 6.48. The molecule has 0 aliphatic carbocycles. The monoisotopic (exact) mass is 342 g/mol. The van der Waals surface area contributed by atoms with Crippen LogP contribution in [0.4, 0.5) is 0 Å². The van der Waals surface area contributed by atoms with Crippen molar-refractivity contribution in [2.24, 2.45) is 0 Å². The van der Waals surface area contributed by atoms with Crippen LogP contribution in [-0.4, -0.2) is 10.2 Å². The third kappa shape index (κ3) is 12.1. The number of aryl methyl sites for hydroxylation is 1. The molecule has 0 amide bonds. The topological polar surface area (TPSA) is 40.5 Å². The summed E-state index contributed by atoms with van der Waals surface area (Å²) in [5, 5.41) is 18.9. The number of rotatable bonds is 13. The lowest BCUT2D eigenvalue weighted by atomic mass is 10.1. The number of allylic oxidation sites excluding steroid dienone is 6. The maximum absolute atomic E-state index is 9.44. The van der Waals surface area contributed by atoms with E-state index in [1.165, 1.54) is 31.7 Å². The second-order valence-electron chi connectivity index (χ2n) is 6.48. The van der Waals surface area contributed by atoms with Gasteiger partial charge in [0.15, 0.2) is 0 Å². The Bertz CT molecular complexity index is 521. The summed E-state index contributed by atoms with van der Waals surface area (Å²) in [6.45, 7) is 2.24. The summed E-state index contributed by atoms with van der Waals surface area (Å²) < 4.78 is 0. The minimum Gasteiger partial charge on any atom is -0.508 e. The first kappa shape index (κ1) is 21.1. The van der Waals surface area contributed by atoms with Crippen LogP contribution >= 0.6 is 0 Å². The highest BCUT2D eigenvalue weighted by atomic mass is 16.3. The number of phenolic OH excluding ortho intramolecular Hbond substituents is 2. The highest BCUT2D eigenvalue weighted by Crippen LogP contribution is 2.21. The first-order chi connectivity index (χ1) is 12.2. The average Bonchev–Trinajstić information content (AvgIpc) is 2.57. The molecule has 0 saturated carbocycles.